The molecular weight excluding hydrogens is 925 g/mol. The minimum atomic E-state index is -0.765. The van der Waals surface area contributed by atoms with E-state index in [-0.39, 0.29) is 31.1 Å². The van der Waals surface area contributed by atoms with E-state index in [1.54, 1.807) is 0 Å². The van der Waals surface area contributed by atoms with Crippen LogP contribution in [0.5, 0.6) is 0 Å². The van der Waals surface area contributed by atoms with Gasteiger partial charge in [-0.05, 0) is 37.0 Å². The van der Waals surface area contributed by atoms with Crippen LogP contribution in [0.15, 0.2) is 0 Å². The largest absolute Gasteiger partial charge is 0.462 e. The summed E-state index contributed by atoms with van der Waals surface area (Å²) in [6.45, 7) is 13.9. The summed E-state index contributed by atoms with van der Waals surface area (Å²) in [5.41, 5.74) is 0. The number of ether oxygens (including phenoxy) is 3. The lowest BCUT2D eigenvalue weighted by Crippen LogP contribution is -2.30. The summed E-state index contributed by atoms with van der Waals surface area (Å²) in [5, 5.41) is 0. The lowest BCUT2D eigenvalue weighted by Gasteiger charge is -2.18. The number of rotatable bonds is 62. The van der Waals surface area contributed by atoms with Crippen LogP contribution in [0.3, 0.4) is 0 Å². The van der Waals surface area contributed by atoms with Crippen LogP contribution in [0.25, 0.3) is 0 Å². The summed E-state index contributed by atoms with van der Waals surface area (Å²) >= 11 is 0. The van der Waals surface area contributed by atoms with Crippen LogP contribution in [0, 0.1) is 17.8 Å². The van der Waals surface area contributed by atoms with Gasteiger partial charge in [0.1, 0.15) is 13.2 Å². The highest BCUT2D eigenvalue weighted by molar-refractivity contribution is 5.71. The fraction of sp³-hybridized carbons (Fsp3) is 0.957. The van der Waals surface area contributed by atoms with Gasteiger partial charge in [0, 0.05) is 19.3 Å². The molecule has 0 aliphatic heterocycles. The maximum Gasteiger partial charge on any atom is 0.306 e. The molecule has 0 aliphatic rings. The number of esters is 3. The third kappa shape index (κ3) is 61.5. The molecule has 75 heavy (non-hydrogen) atoms. The molecule has 446 valence electrons. The van der Waals surface area contributed by atoms with Crippen molar-refractivity contribution in [2.24, 2.45) is 17.8 Å². The molecule has 6 nitrogen and oxygen atoms in total. The molecule has 0 saturated heterocycles. The molecule has 6 heteroatoms. The first-order valence-corrected chi connectivity index (χ1v) is 34.1. The van der Waals surface area contributed by atoms with E-state index in [9.17, 15) is 14.4 Å². The minimum absolute atomic E-state index is 0.0620. The molecule has 1 unspecified atom stereocenters. The molecular formula is C69H134O6. The van der Waals surface area contributed by atoms with Gasteiger partial charge < -0.3 is 14.2 Å². The number of hydrogen-bond donors (Lipinski definition) is 0. The monoisotopic (exact) mass is 1060 g/mol. The van der Waals surface area contributed by atoms with Crippen LogP contribution in [0.1, 0.15) is 388 Å². The molecule has 2 atom stereocenters. The first kappa shape index (κ1) is 73.4. The zero-order valence-electron chi connectivity index (χ0n) is 51.9. The van der Waals surface area contributed by atoms with Crippen LogP contribution in [-0.2, 0) is 28.6 Å². The van der Waals surface area contributed by atoms with Crippen molar-refractivity contribution >= 4 is 17.9 Å². The van der Waals surface area contributed by atoms with Gasteiger partial charge in [0.05, 0.1) is 0 Å². The van der Waals surface area contributed by atoms with E-state index in [4.69, 9.17) is 14.2 Å². The molecule has 0 heterocycles. The van der Waals surface area contributed by atoms with Crippen molar-refractivity contribution < 1.29 is 28.6 Å². The van der Waals surface area contributed by atoms with E-state index >= 15 is 0 Å². The molecule has 0 saturated carbocycles. The smallest absolute Gasteiger partial charge is 0.306 e. The van der Waals surface area contributed by atoms with Gasteiger partial charge >= 0.3 is 17.9 Å². The Morgan fingerprint density at radius 1 is 0.267 bits per heavy atom. The molecule has 0 bridgehead atoms. The summed E-state index contributed by atoms with van der Waals surface area (Å²) in [6, 6.07) is 0. The first-order valence-electron chi connectivity index (χ1n) is 34.1. The van der Waals surface area contributed by atoms with Gasteiger partial charge in [-0.3, -0.25) is 14.4 Å². The van der Waals surface area contributed by atoms with Crippen molar-refractivity contribution in [3.63, 3.8) is 0 Å². The second-order valence-corrected chi connectivity index (χ2v) is 25.0. The first-order chi connectivity index (χ1) is 36.6. The second kappa shape index (κ2) is 60.1. The maximum absolute atomic E-state index is 12.9. The lowest BCUT2D eigenvalue weighted by atomic mass is 9.99. The van der Waals surface area contributed by atoms with Crippen LogP contribution >= 0.6 is 0 Å². The minimum Gasteiger partial charge on any atom is -0.462 e. The van der Waals surface area contributed by atoms with Gasteiger partial charge in [-0.1, -0.05) is 350 Å². The molecule has 0 rings (SSSR count). The standard InChI is InChI=1S/C69H134O6/c1-7-65(6)57-51-45-39-33-27-21-15-10-8-9-11-16-22-28-34-40-46-52-58-67(70)73-61-66(62-74-68(71)59-53-47-41-35-29-24-18-20-26-32-38-44-50-56-64(4)5)75-69(72)60-54-48-42-36-30-23-17-13-12-14-19-25-31-37-43-49-55-63(2)3/h63-66H,7-62H2,1-6H3/t65?,66-/m1/s1. The van der Waals surface area contributed by atoms with Gasteiger partial charge in [-0.15, -0.1) is 0 Å². The second-order valence-electron chi connectivity index (χ2n) is 25.0. The normalized spacial score (nSPS) is 12.5. The zero-order chi connectivity index (χ0) is 54.8. The van der Waals surface area contributed by atoms with Gasteiger partial charge in [-0.25, -0.2) is 0 Å². The Hall–Kier alpha value is -1.59. The molecule has 0 aromatic heterocycles. The predicted octanol–water partition coefficient (Wildman–Crippen LogP) is 23.0. The van der Waals surface area contributed by atoms with Crippen LogP contribution in [-0.4, -0.2) is 37.2 Å². The zero-order valence-corrected chi connectivity index (χ0v) is 51.9. The quantitative estimate of drug-likeness (QED) is 0.0343. The summed E-state index contributed by atoms with van der Waals surface area (Å²) < 4.78 is 17.0. The Kier molecular flexibility index (Phi) is 58.8. The Balaban J connectivity index is 4.27. The Morgan fingerprint density at radius 3 is 0.693 bits per heavy atom. The van der Waals surface area contributed by atoms with E-state index in [1.165, 1.54) is 270 Å². The number of hydrogen-bond acceptors (Lipinski definition) is 6. The van der Waals surface area contributed by atoms with Gasteiger partial charge in [0.15, 0.2) is 6.10 Å². The highest BCUT2D eigenvalue weighted by atomic mass is 16.6. The fourth-order valence-corrected chi connectivity index (χ4v) is 10.7. The lowest BCUT2D eigenvalue weighted by molar-refractivity contribution is -0.167. The average Bonchev–Trinajstić information content (AvgIpc) is 3.39. The van der Waals surface area contributed by atoms with Crippen molar-refractivity contribution in [3.8, 4) is 0 Å². The van der Waals surface area contributed by atoms with Gasteiger partial charge in [-0.2, -0.15) is 0 Å². The van der Waals surface area contributed by atoms with Crippen molar-refractivity contribution in [2.75, 3.05) is 13.2 Å². The molecule has 0 aromatic carbocycles. The Labute approximate surface area is 469 Å². The van der Waals surface area contributed by atoms with E-state index < -0.39 is 6.10 Å². The van der Waals surface area contributed by atoms with Crippen LogP contribution < -0.4 is 0 Å². The summed E-state index contributed by atoms with van der Waals surface area (Å²) in [7, 11) is 0. The highest BCUT2D eigenvalue weighted by Gasteiger charge is 2.20. The van der Waals surface area contributed by atoms with E-state index in [0.29, 0.717) is 19.3 Å². The number of carbonyl (C=O) groups is 3. The predicted molar refractivity (Wildman–Crippen MR) is 326 cm³/mol. The molecule has 0 amide bonds. The molecule has 0 aliphatic carbocycles. The summed E-state index contributed by atoms with van der Waals surface area (Å²) in [5.74, 6) is 1.77. The van der Waals surface area contributed by atoms with Gasteiger partial charge in [0.25, 0.3) is 0 Å². The maximum atomic E-state index is 12.9. The molecule has 0 radical (unpaired) electrons. The van der Waals surface area contributed by atoms with Crippen LogP contribution in [0.2, 0.25) is 0 Å². The summed E-state index contributed by atoms with van der Waals surface area (Å²) in [6.07, 6.45) is 66.8. The van der Waals surface area contributed by atoms with E-state index in [2.05, 4.69) is 41.5 Å². The van der Waals surface area contributed by atoms with Crippen molar-refractivity contribution in [3.05, 3.63) is 0 Å². The molecule has 0 aromatic rings. The third-order valence-corrected chi connectivity index (χ3v) is 16.3. The van der Waals surface area contributed by atoms with Gasteiger partial charge in [0.2, 0.25) is 0 Å². The molecule has 0 spiro atoms. The van der Waals surface area contributed by atoms with E-state index in [0.717, 1.165) is 75.5 Å². The molecule has 0 fully saturated rings. The SMILES string of the molecule is CCC(C)CCCCCCCCCCCCCCCCCCCCC(=O)OC[C@H](COC(=O)CCCCCCCCCCCCCCCC(C)C)OC(=O)CCCCCCCCCCCCCCCCCCC(C)C. The van der Waals surface area contributed by atoms with Crippen molar-refractivity contribution in [2.45, 2.75) is 394 Å². The fourth-order valence-electron chi connectivity index (χ4n) is 10.7. The third-order valence-electron chi connectivity index (χ3n) is 16.3. The number of carbonyl (C=O) groups excluding carboxylic acids is 3. The average molecular weight is 1060 g/mol. The topological polar surface area (TPSA) is 78.9 Å². The van der Waals surface area contributed by atoms with Crippen LogP contribution in [0.4, 0.5) is 0 Å². The van der Waals surface area contributed by atoms with Crippen molar-refractivity contribution in [1.29, 1.82) is 0 Å². The number of unbranched alkanes of at least 4 members (excludes halogenated alkanes) is 44. The highest BCUT2D eigenvalue weighted by Crippen LogP contribution is 2.20. The Morgan fingerprint density at radius 2 is 0.467 bits per heavy atom. The van der Waals surface area contributed by atoms with Crippen molar-refractivity contribution in [1.82, 2.24) is 0 Å². The Bertz CT molecular complexity index is 1170. The summed E-state index contributed by atoms with van der Waals surface area (Å²) in [4.78, 5) is 38.4. The van der Waals surface area contributed by atoms with E-state index in [1.807, 2.05) is 0 Å². The molecule has 0 N–H and O–H groups in total.